The Morgan fingerprint density at radius 3 is 2.77 bits per heavy atom. The molecular weight excluding hydrogens is 423 g/mol. The van der Waals surface area contributed by atoms with Crippen molar-refractivity contribution in [1.29, 1.82) is 0 Å². The fourth-order valence-electron chi connectivity index (χ4n) is 2.32. The molecule has 0 aliphatic carbocycles. The number of hydrogen-bond donors (Lipinski definition) is 0. The average molecular weight is 442 g/mol. The van der Waals surface area contributed by atoms with Crippen molar-refractivity contribution in [3.63, 3.8) is 0 Å². The number of alkyl halides is 1. The second-order valence-corrected chi connectivity index (χ2v) is 5.91. The second kappa shape index (κ2) is 9.16. The number of benzene rings is 1. The Bertz CT molecular complexity index is 562. The number of ether oxygens (including phenoxy) is 2. The van der Waals surface area contributed by atoms with Gasteiger partial charge in [0, 0.05) is 46.4 Å². The standard InChI is InChI=1S/C16H19BrNO3.Y/c1-4-18-15(8-7-14(17)16(18)19)13-6-5-12(9-11(13)2)21-10-20-3;/h5-6,9,14H,4,7,10H2,1-3H3;/q-1;. The predicted octanol–water partition coefficient (Wildman–Crippen LogP) is 3.14. The zero-order valence-corrected chi connectivity index (χ0v) is 17.5. The molecular formula is C16H19BrNO3Y-. The van der Waals surface area contributed by atoms with Crippen LogP contribution in [0.2, 0.25) is 0 Å². The minimum atomic E-state index is -0.175. The summed E-state index contributed by atoms with van der Waals surface area (Å²) in [4.78, 5) is 13.8. The largest absolute Gasteiger partial charge is 0.468 e. The summed E-state index contributed by atoms with van der Waals surface area (Å²) in [7, 11) is 1.59. The molecule has 0 bridgehead atoms. The molecule has 2 rings (SSSR count). The van der Waals surface area contributed by atoms with Crippen LogP contribution in [-0.4, -0.2) is 36.1 Å². The van der Waals surface area contributed by atoms with E-state index in [2.05, 4.69) is 22.0 Å². The van der Waals surface area contributed by atoms with Crippen molar-refractivity contribution in [3.8, 4) is 5.75 Å². The van der Waals surface area contributed by atoms with Crippen molar-refractivity contribution in [3.05, 3.63) is 35.4 Å². The molecule has 0 spiro atoms. The molecule has 22 heavy (non-hydrogen) atoms. The number of carbonyl (C=O) groups excluding carboxylic acids is 1. The van der Waals surface area contributed by atoms with Crippen molar-refractivity contribution < 1.29 is 47.0 Å². The first-order valence-corrected chi connectivity index (χ1v) is 7.79. The van der Waals surface area contributed by atoms with E-state index in [0.717, 1.165) is 22.6 Å². The molecule has 1 aromatic rings. The maximum absolute atomic E-state index is 12.2. The van der Waals surface area contributed by atoms with Crippen LogP contribution >= 0.6 is 15.9 Å². The van der Waals surface area contributed by atoms with Gasteiger partial charge >= 0.3 is 0 Å². The minimum absolute atomic E-state index is 0. The first-order chi connectivity index (χ1) is 10.1. The smallest absolute Gasteiger partial charge is 0.236 e. The Balaban J connectivity index is 0.00000242. The van der Waals surface area contributed by atoms with Crippen LogP contribution in [0, 0.1) is 13.0 Å². The van der Waals surface area contributed by atoms with E-state index >= 15 is 0 Å². The maximum Gasteiger partial charge on any atom is 0.236 e. The van der Waals surface area contributed by atoms with Gasteiger partial charge in [0.1, 0.15) is 5.75 Å². The molecule has 1 atom stereocenters. The van der Waals surface area contributed by atoms with E-state index in [1.54, 1.807) is 12.0 Å². The topological polar surface area (TPSA) is 38.8 Å². The molecule has 0 saturated heterocycles. The maximum atomic E-state index is 12.2. The summed E-state index contributed by atoms with van der Waals surface area (Å²) in [6, 6.07) is 5.79. The molecule has 0 saturated carbocycles. The fourth-order valence-corrected chi connectivity index (χ4v) is 2.73. The van der Waals surface area contributed by atoms with Crippen LogP contribution in [0.5, 0.6) is 5.75 Å². The van der Waals surface area contributed by atoms with Crippen molar-refractivity contribution in [2.24, 2.45) is 0 Å². The van der Waals surface area contributed by atoms with Crippen LogP contribution in [-0.2, 0) is 42.2 Å². The third kappa shape index (κ3) is 4.41. The van der Waals surface area contributed by atoms with Crippen molar-refractivity contribution in [2.45, 2.75) is 25.1 Å². The normalized spacial score (nSPS) is 17.8. The van der Waals surface area contributed by atoms with Crippen LogP contribution in [0.3, 0.4) is 0 Å². The Morgan fingerprint density at radius 2 is 2.18 bits per heavy atom. The van der Waals surface area contributed by atoms with E-state index in [4.69, 9.17) is 9.47 Å². The number of hydrogen-bond acceptors (Lipinski definition) is 3. The molecule has 1 aliphatic heterocycles. The first kappa shape index (κ1) is 19.8. The van der Waals surface area contributed by atoms with Crippen molar-refractivity contribution in [2.75, 3.05) is 20.4 Å². The monoisotopic (exact) mass is 441 g/mol. The number of methoxy groups -OCH3 is 1. The summed E-state index contributed by atoms with van der Waals surface area (Å²) in [5, 5.41) is 0. The van der Waals surface area contributed by atoms with Crippen LogP contribution in [0.15, 0.2) is 18.2 Å². The van der Waals surface area contributed by atoms with E-state index in [0.29, 0.717) is 13.0 Å². The van der Waals surface area contributed by atoms with Crippen molar-refractivity contribution in [1.82, 2.24) is 4.90 Å². The minimum Gasteiger partial charge on any atom is -0.468 e. The van der Waals surface area contributed by atoms with Crippen LogP contribution < -0.4 is 4.74 Å². The van der Waals surface area contributed by atoms with Gasteiger partial charge in [-0.1, -0.05) is 29.3 Å². The summed E-state index contributed by atoms with van der Waals surface area (Å²) in [6.45, 7) is 4.82. The summed E-state index contributed by atoms with van der Waals surface area (Å²) in [5.74, 6) is 0.840. The Morgan fingerprint density at radius 1 is 1.45 bits per heavy atom. The number of rotatable bonds is 5. The molecule has 1 amide bonds. The van der Waals surface area contributed by atoms with Gasteiger partial charge in [0.2, 0.25) is 5.91 Å². The SMILES string of the molecule is CCN1C(=O)C(Br)C[C-]=C1c1ccc(OCOC)cc1C.[Y]. The summed E-state index contributed by atoms with van der Waals surface area (Å²) < 4.78 is 10.3. The number of amides is 1. The van der Waals surface area contributed by atoms with E-state index in [-0.39, 0.29) is 50.2 Å². The van der Waals surface area contributed by atoms with Crippen LogP contribution in [0.1, 0.15) is 24.5 Å². The first-order valence-electron chi connectivity index (χ1n) is 6.87. The van der Waals surface area contributed by atoms with E-state index < -0.39 is 0 Å². The van der Waals surface area contributed by atoms with Crippen LogP contribution in [0.4, 0.5) is 0 Å². The van der Waals surface area contributed by atoms with Gasteiger partial charge < -0.3 is 14.4 Å². The predicted molar refractivity (Wildman–Crippen MR) is 85.1 cm³/mol. The Hall–Kier alpha value is -0.226. The molecule has 6 heteroatoms. The molecule has 117 valence electrons. The van der Waals surface area contributed by atoms with E-state index in [1.165, 1.54) is 0 Å². The Labute approximate surface area is 165 Å². The molecule has 0 fully saturated rings. The molecule has 0 aromatic heterocycles. The van der Waals surface area contributed by atoms with Gasteiger partial charge in [-0.3, -0.25) is 4.79 Å². The number of aryl methyl sites for hydroxylation is 1. The number of allylic oxidation sites excluding steroid dienone is 1. The van der Waals surface area contributed by atoms with Gasteiger partial charge in [-0.05, 0) is 19.1 Å². The van der Waals surface area contributed by atoms with Gasteiger partial charge in [-0.15, -0.1) is 22.9 Å². The molecule has 0 N–H and O–H groups in total. The van der Waals surface area contributed by atoms with Gasteiger partial charge in [0.05, 0.1) is 4.83 Å². The number of halogens is 1. The fraction of sp³-hybridized carbons (Fsp3) is 0.438. The Kier molecular flexibility index (Phi) is 8.25. The summed E-state index contributed by atoms with van der Waals surface area (Å²) in [6.07, 6.45) is 3.92. The average Bonchev–Trinajstić information content (AvgIpc) is 2.48. The van der Waals surface area contributed by atoms with Gasteiger partial charge in [0.25, 0.3) is 0 Å². The van der Waals surface area contributed by atoms with Gasteiger partial charge in [-0.25, -0.2) is 6.08 Å². The molecule has 1 radical (unpaired) electrons. The molecule has 1 unspecified atom stereocenters. The molecule has 1 aliphatic rings. The second-order valence-electron chi connectivity index (χ2n) is 4.81. The van der Waals surface area contributed by atoms with E-state index in [9.17, 15) is 4.79 Å². The number of carbonyl (C=O) groups is 1. The summed E-state index contributed by atoms with van der Waals surface area (Å²) in [5.41, 5.74) is 2.91. The zero-order valence-electron chi connectivity index (χ0n) is 13.1. The van der Waals surface area contributed by atoms with Crippen molar-refractivity contribution >= 4 is 27.5 Å². The molecule has 4 nitrogen and oxygen atoms in total. The summed E-state index contributed by atoms with van der Waals surface area (Å²) >= 11 is 3.39. The van der Waals surface area contributed by atoms with Gasteiger partial charge in [-0.2, -0.15) is 0 Å². The number of nitrogens with zero attached hydrogens (tertiary/aromatic N) is 1. The van der Waals surface area contributed by atoms with E-state index in [1.807, 2.05) is 32.0 Å². The quantitative estimate of drug-likeness (QED) is 0.400. The molecule has 1 aromatic carbocycles. The van der Waals surface area contributed by atoms with Crippen LogP contribution in [0.25, 0.3) is 5.70 Å². The third-order valence-electron chi connectivity index (χ3n) is 3.37. The third-order valence-corrected chi connectivity index (χ3v) is 4.08. The zero-order chi connectivity index (χ0) is 15.4. The molecule has 1 heterocycles. The van der Waals surface area contributed by atoms with Gasteiger partial charge in [0.15, 0.2) is 6.79 Å².